The van der Waals surface area contributed by atoms with E-state index in [1.807, 2.05) is 0 Å². The molecule has 0 amide bonds. The van der Waals surface area contributed by atoms with Crippen LogP contribution in [0.3, 0.4) is 0 Å². The van der Waals surface area contributed by atoms with E-state index in [2.05, 4.69) is 13.2 Å². The zero-order valence-electron chi connectivity index (χ0n) is 8.51. The van der Waals surface area contributed by atoms with Crippen molar-refractivity contribution in [3.05, 3.63) is 35.4 Å². The largest absolute Gasteiger partial charge is 0.481 e. The highest BCUT2D eigenvalue weighted by molar-refractivity contribution is 6.35. The quantitative estimate of drug-likeness (QED) is 0.374. The number of carboxylic acid groups (broad SMARTS) is 3. The summed E-state index contributed by atoms with van der Waals surface area (Å²) in [5.74, 6) is -6.62. The van der Waals surface area contributed by atoms with Gasteiger partial charge in [-0.3, -0.25) is 4.79 Å². The molecule has 0 aliphatic carbocycles. The van der Waals surface area contributed by atoms with Gasteiger partial charge in [0.1, 0.15) is 5.92 Å². The van der Waals surface area contributed by atoms with Gasteiger partial charge in [0.2, 0.25) is 0 Å². The van der Waals surface area contributed by atoms with E-state index < -0.39 is 40.0 Å². The second kappa shape index (κ2) is 5.86. The molecule has 7 heteroatoms. The predicted octanol–water partition coefficient (Wildman–Crippen LogP) is 1.09. The third-order valence-corrected chi connectivity index (χ3v) is 1.99. The molecule has 0 saturated carbocycles. The summed E-state index contributed by atoms with van der Waals surface area (Å²) in [4.78, 5) is 32.6. The predicted molar refractivity (Wildman–Crippen MR) is 58.6 cm³/mol. The second-order valence-corrected chi connectivity index (χ2v) is 3.31. The van der Waals surface area contributed by atoms with Crippen molar-refractivity contribution in [3.8, 4) is 0 Å². The Morgan fingerprint density at radius 1 is 1.12 bits per heavy atom. The van der Waals surface area contributed by atoms with Crippen LogP contribution in [-0.2, 0) is 14.4 Å². The Bertz CT molecular complexity index is 418. The molecule has 0 fully saturated rings. The minimum Gasteiger partial charge on any atom is -0.481 e. The summed E-state index contributed by atoms with van der Waals surface area (Å²) in [6.45, 7) is 6.23. The van der Waals surface area contributed by atoms with Crippen LogP contribution in [-0.4, -0.2) is 33.2 Å². The molecule has 3 N–H and O–H groups in total. The van der Waals surface area contributed by atoms with Gasteiger partial charge in [0.15, 0.2) is 0 Å². The Hall–Kier alpha value is -2.08. The summed E-state index contributed by atoms with van der Waals surface area (Å²) < 4.78 is 0. The van der Waals surface area contributed by atoms with Crippen LogP contribution in [0.15, 0.2) is 35.4 Å². The second-order valence-electron chi connectivity index (χ2n) is 2.86. The zero-order chi connectivity index (χ0) is 13.7. The summed E-state index contributed by atoms with van der Waals surface area (Å²) in [6.07, 6.45) is 0.800. The molecule has 92 valence electrons. The van der Waals surface area contributed by atoms with Gasteiger partial charge in [0, 0.05) is 5.03 Å². The molecule has 0 heterocycles. The summed E-state index contributed by atoms with van der Waals surface area (Å²) in [5, 5.41) is 25.9. The van der Waals surface area contributed by atoms with Gasteiger partial charge in [0.25, 0.3) is 0 Å². The number of rotatable bonds is 6. The van der Waals surface area contributed by atoms with Crippen molar-refractivity contribution < 1.29 is 29.7 Å². The average Bonchev–Trinajstić information content (AvgIpc) is 2.15. The van der Waals surface area contributed by atoms with Gasteiger partial charge in [-0.2, -0.15) is 0 Å². The van der Waals surface area contributed by atoms with E-state index >= 15 is 0 Å². The molecule has 17 heavy (non-hydrogen) atoms. The highest BCUT2D eigenvalue weighted by Crippen LogP contribution is 2.24. The van der Waals surface area contributed by atoms with E-state index in [4.69, 9.17) is 26.9 Å². The maximum absolute atomic E-state index is 10.9. The van der Waals surface area contributed by atoms with E-state index in [0.717, 1.165) is 6.08 Å². The van der Waals surface area contributed by atoms with Crippen molar-refractivity contribution in [2.24, 2.45) is 5.92 Å². The lowest BCUT2D eigenvalue weighted by Gasteiger charge is -2.12. The van der Waals surface area contributed by atoms with Crippen LogP contribution in [0.1, 0.15) is 0 Å². The molecule has 0 aromatic carbocycles. The molecular weight excluding hydrogens is 252 g/mol. The fourth-order valence-corrected chi connectivity index (χ4v) is 1.30. The van der Waals surface area contributed by atoms with Crippen molar-refractivity contribution in [1.82, 2.24) is 0 Å². The molecule has 0 aliphatic heterocycles. The third-order valence-electron chi connectivity index (χ3n) is 1.80. The van der Waals surface area contributed by atoms with Crippen molar-refractivity contribution in [1.29, 1.82) is 0 Å². The summed E-state index contributed by atoms with van der Waals surface area (Å²) >= 11 is 5.36. The summed E-state index contributed by atoms with van der Waals surface area (Å²) in [7, 11) is 0. The zero-order valence-corrected chi connectivity index (χ0v) is 9.27. The lowest BCUT2D eigenvalue weighted by atomic mass is 9.94. The summed E-state index contributed by atoms with van der Waals surface area (Å²) in [6, 6.07) is 0. The molecular formula is C10H9ClO6. The van der Waals surface area contributed by atoms with Crippen LogP contribution in [0.5, 0.6) is 0 Å². The van der Waals surface area contributed by atoms with E-state index in [0.29, 0.717) is 0 Å². The highest BCUT2D eigenvalue weighted by Gasteiger charge is 2.31. The standard InChI is InChI=1S/C10H9ClO6/c1-3-5(8(12)13)7(10(16)17)6(4(2)11)9(14)15/h3,5H,1-2H2,(H,12,13)(H,14,15)(H,16,17)/b7-6-. The van der Waals surface area contributed by atoms with Gasteiger partial charge < -0.3 is 15.3 Å². The Labute approximate surface area is 101 Å². The minimum absolute atomic E-state index is 0.567. The first kappa shape index (κ1) is 14.9. The Balaban J connectivity index is 6.10. The molecule has 0 rings (SSSR count). The van der Waals surface area contributed by atoms with Crippen LogP contribution < -0.4 is 0 Å². The maximum Gasteiger partial charge on any atom is 0.337 e. The lowest BCUT2D eigenvalue weighted by Crippen LogP contribution is -2.23. The Morgan fingerprint density at radius 3 is 1.76 bits per heavy atom. The van der Waals surface area contributed by atoms with E-state index in [9.17, 15) is 14.4 Å². The van der Waals surface area contributed by atoms with Crippen molar-refractivity contribution in [2.75, 3.05) is 0 Å². The van der Waals surface area contributed by atoms with Crippen LogP contribution in [0, 0.1) is 5.92 Å². The first-order chi connectivity index (χ1) is 7.73. The van der Waals surface area contributed by atoms with Crippen molar-refractivity contribution >= 4 is 29.5 Å². The van der Waals surface area contributed by atoms with Gasteiger partial charge in [-0.05, 0) is 0 Å². The Kier molecular flexibility index (Phi) is 5.14. The highest BCUT2D eigenvalue weighted by atomic mass is 35.5. The molecule has 0 aromatic rings. The maximum atomic E-state index is 10.9. The normalized spacial score (nSPS) is 13.2. The van der Waals surface area contributed by atoms with Crippen LogP contribution in [0.25, 0.3) is 0 Å². The molecule has 0 spiro atoms. The third kappa shape index (κ3) is 3.46. The van der Waals surface area contributed by atoms with Gasteiger partial charge >= 0.3 is 17.9 Å². The van der Waals surface area contributed by atoms with Gasteiger partial charge in [-0.15, -0.1) is 6.58 Å². The van der Waals surface area contributed by atoms with Gasteiger partial charge in [-0.1, -0.05) is 24.3 Å². The monoisotopic (exact) mass is 260 g/mol. The van der Waals surface area contributed by atoms with Crippen LogP contribution in [0.2, 0.25) is 0 Å². The number of carboxylic acids is 3. The lowest BCUT2D eigenvalue weighted by molar-refractivity contribution is -0.142. The molecule has 6 nitrogen and oxygen atoms in total. The van der Waals surface area contributed by atoms with Crippen molar-refractivity contribution in [2.45, 2.75) is 0 Å². The molecule has 1 atom stereocenters. The fourth-order valence-electron chi connectivity index (χ4n) is 1.11. The molecule has 0 radical (unpaired) electrons. The number of hydrogen-bond acceptors (Lipinski definition) is 3. The fraction of sp³-hybridized carbons (Fsp3) is 0.100. The first-order valence-electron chi connectivity index (χ1n) is 4.14. The minimum atomic E-state index is -1.71. The van der Waals surface area contributed by atoms with E-state index in [1.165, 1.54) is 0 Å². The van der Waals surface area contributed by atoms with E-state index in [-0.39, 0.29) is 0 Å². The molecule has 1 unspecified atom stereocenters. The van der Waals surface area contributed by atoms with Crippen LogP contribution >= 0.6 is 11.6 Å². The van der Waals surface area contributed by atoms with Gasteiger partial charge in [-0.25, -0.2) is 9.59 Å². The Morgan fingerprint density at radius 2 is 1.59 bits per heavy atom. The SMILES string of the molecule is C=CC(C(=O)O)/C(C(=O)O)=C(\C(=C)Cl)C(=O)O. The average molecular weight is 261 g/mol. The molecule has 0 bridgehead atoms. The summed E-state index contributed by atoms with van der Waals surface area (Å²) in [5.41, 5.74) is -1.74. The van der Waals surface area contributed by atoms with Gasteiger partial charge in [0.05, 0.1) is 11.1 Å². The van der Waals surface area contributed by atoms with E-state index in [1.54, 1.807) is 0 Å². The number of carbonyl (C=O) groups is 3. The number of aliphatic carboxylic acids is 3. The smallest absolute Gasteiger partial charge is 0.337 e. The number of hydrogen-bond donors (Lipinski definition) is 3. The van der Waals surface area contributed by atoms with Crippen LogP contribution in [0.4, 0.5) is 0 Å². The first-order valence-corrected chi connectivity index (χ1v) is 4.52. The number of halogens is 1. The molecule has 0 aromatic heterocycles. The topological polar surface area (TPSA) is 112 Å². The molecule has 0 aliphatic rings. The molecule has 0 saturated heterocycles. The van der Waals surface area contributed by atoms with Crippen molar-refractivity contribution in [3.63, 3.8) is 0 Å².